The van der Waals surface area contributed by atoms with Gasteiger partial charge in [-0.15, -0.1) is 0 Å². The maximum atomic E-state index is 11.1. The Balaban J connectivity index is 1.98. The zero-order valence-corrected chi connectivity index (χ0v) is 12.8. The van der Waals surface area contributed by atoms with Crippen LogP contribution < -0.4 is 4.74 Å². The Morgan fingerprint density at radius 1 is 1.17 bits per heavy atom. The van der Waals surface area contributed by atoms with Crippen LogP contribution in [0.1, 0.15) is 10.4 Å². The highest BCUT2D eigenvalue weighted by molar-refractivity contribution is 6.05. The highest BCUT2D eigenvalue weighted by atomic mass is 16.5. The summed E-state index contributed by atoms with van der Waals surface area (Å²) in [6, 6.07) is 12.5. The standard InChI is InChI=1S/C18H13N3O3/c1-24-15-7-6-12(11-3-2-8-19-17(11)15)16-13-5-4-10(18(22)23)9-14(13)20-21-16/h2-9H,1H3,(H,20,21)(H,22,23). The van der Waals surface area contributed by atoms with E-state index < -0.39 is 5.97 Å². The van der Waals surface area contributed by atoms with E-state index in [-0.39, 0.29) is 5.56 Å². The summed E-state index contributed by atoms with van der Waals surface area (Å²) in [5.41, 5.74) is 3.32. The van der Waals surface area contributed by atoms with Crippen molar-refractivity contribution in [3.05, 3.63) is 54.2 Å². The molecule has 0 aliphatic rings. The summed E-state index contributed by atoms with van der Waals surface area (Å²) >= 11 is 0. The first kappa shape index (κ1) is 14.2. The molecule has 0 aliphatic heterocycles. The number of ether oxygens (including phenoxy) is 1. The summed E-state index contributed by atoms with van der Waals surface area (Å²) in [4.78, 5) is 15.5. The van der Waals surface area contributed by atoms with Crippen molar-refractivity contribution in [1.29, 1.82) is 0 Å². The Morgan fingerprint density at radius 2 is 2.04 bits per heavy atom. The van der Waals surface area contributed by atoms with Crippen LogP contribution in [0.3, 0.4) is 0 Å². The van der Waals surface area contributed by atoms with Gasteiger partial charge in [-0.2, -0.15) is 5.10 Å². The van der Waals surface area contributed by atoms with Gasteiger partial charge < -0.3 is 9.84 Å². The molecule has 6 nitrogen and oxygen atoms in total. The highest BCUT2D eigenvalue weighted by Crippen LogP contribution is 2.35. The highest BCUT2D eigenvalue weighted by Gasteiger charge is 2.15. The largest absolute Gasteiger partial charge is 0.494 e. The minimum absolute atomic E-state index is 0.221. The van der Waals surface area contributed by atoms with Crippen molar-refractivity contribution in [2.75, 3.05) is 7.11 Å². The number of H-pyrrole nitrogens is 1. The molecule has 0 saturated heterocycles. The van der Waals surface area contributed by atoms with Crippen LogP contribution in [-0.4, -0.2) is 33.4 Å². The second kappa shape index (κ2) is 5.34. The van der Waals surface area contributed by atoms with Crippen LogP contribution in [0.2, 0.25) is 0 Å². The van der Waals surface area contributed by atoms with Gasteiger partial charge in [0, 0.05) is 22.5 Å². The topological polar surface area (TPSA) is 88.1 Å². The molecule has 0 atom stereocenters. The third-order valence-corrected chi connectivity index (χ3v) is 4.02. The number of aromatic nitrogens is 3. The zero-order chi connectivity index (χ0) is 16.7. The fraction of sp³-hybridized carbons (Fsp3) is 0.0556. The number of nitrogens with one attached hydrogen (secondary N) is 1. The molecule has 2 aromatic carbocycles. The Hall–Kier alpha value is -3.41. The molecule has 118 valence electrons. The van der Waals surface area contributed by atoms with E-state index in [1.165, 1.54) is 0 Å². The van der Waals surface area contributed by atoms with Crippen molar-refractivity contribution in [3.63, 3.8) is 0 Å². The lowest BCUT2D eigenvalue weighted by molar-refractivity contribution is 0.0697. The monoisotopic (exact) mass is 319 g/mol. The molecule has 2 N–H and O–H groups in total. The van der Waals surface area contributed by atoms with Crippen LogP contribution >= 0.6 is 0 Å². The molecular weight excluding hydrogens is 306 g/mol. The molecule has 2 heterocycles. The van der Waals surface area contributed by atoms with Crippen molar-refractivity contribution in [3.8, 4) is 17.0 Å². The molecule has 0 bridgehead atoms. The number of nitrogens with zero attached hydrogens (tertiary/aromatic N) is 2. The van der Waals surface area contributed by atoms with Gasteiger partial charge in [0.2, 0.25) is 0 Å². The van der Waals surface area contributed by atoms with Gasteiger partial charge >= 0.3 is 5.97 Å². The fourth-order valence-electron chi connectivity index (χ4n) is 2.88. The second-order valence-corrected chi connectivity index (χ2v) is 5.35. The molecule has 4 rings (SSSR count). The van der Waals surface area contributed by atoms with Crippen LogP contribution in [0.4, 0.5) is 0 Å². The Morgan fingerprint density at radius 3 is 2.83 bits per heavy atom. The van der Waals surface area contributed by atoms with Gasteiger partial charge in [0.25, 0.3) is 0 Å². The number of pyridine rings is 1. The van der Waals surface area contributed by atoms with E-state index in [0.717, 1.165) is 27.5 Å². The molecule has 0 amide bonds. The smallest absolute Gasteiger partial charge is 0.335 e. The van der Waals surface area contributed by atoms with Crippen LogP contribution in [-0.2, 0) is 0 Å². The number of hydrogen-bond donors (Lipinski definition) is 2. The molecule has 0 spiro atoms. The van der Waals surface area contributed by atoms with Gasteiger partial charge in [-0.25, -0.2) is 4.79 Å². The number of fused-ring (bicyclic) bond motifs is 2. The fourth-order valence-corrected chi connectivity index (χ4v) is 2.88. The summed E-state index contributed by atoms with van der Waals surface area (Å²) in [6.45, 7) is 0. The van der Waals surface area contributed by atoms with Crippen molar-refractivity contribution < 1.29 is 14.6 Å². The lowest BCUT2D eigenvalue weighted by Crippen LogP contribution is -1.94. The van der Waals surface area contributed by atoms with Crippen molar-refractivity contribution in [2.24, 2.45) is 0 Å². The summed E-state index contributed by atoms with van der Waals surface area (Å²) in [5.74, 6) is -0.269. The predicted octanol–water partition coefficient (Wildman–Crippen LogP) is 3.48. The minimum atomic E-state index is -0.966. The first-order chi connectivity index (χ1) is 11.7. The van der Waals surface area contributed by atoms with Crippen LogP contribution in [0, 0.1) is 0 Å². The van der Waals surface area contributed by atoms with Gasteiger partial charge in [-0.05, 0) is 36.4 Å². The minimum Gasteiger partial charge on any atom is -0.494 e. The van der Waals surface area contributed by atoms with Crippen LogP contribution in [0.15, 0.2) is 48.7 Å². The van der Waals surface area contributed by atoms with E-state index in [4.69, 9.17) is 9.84 Å². The first-order valence-electron chi connectivity index (χ1n) is 7.32. The van der Waals surface area contributed by atoms with Crippen molar-refractivity contribution in [1.82, 2.24) is 15.2 Å². The average Bonchev–Trinajstić information content (AvgIpc) is 3.03. The maximum absolute atomic E-state index is 11.1. The predicted molar refractivity (Wildman–Crippen MR) is 90.3 cm³/mol. The SMILES string of the molecule is COc1ccc(-c2n[nH]c3cc(C(=O)O)ccc23)c2cccnc12. The molecule has 6 heteroatoms. The maximum Gasteiger partial charge on any atom is 0.335 e. The number of carbonyl (C=O) groups is 1. The van der Waals surface area contributed by atoms with Gasteiger partial charge in [-0.3, -0.25) is 10.1 Å². The van der Waals surface area contributed by atoms with E-state index in [1.54, 1.807) is 31.5 Å². The summed E-state index contributed by atoms with van der Waals surface area (Å²) in [5, 5.41) is 18.2. The lowest BCUT2D eigenvalue weighted by Gasteiger charge is -2.08. The molecular formula is C18H13N3O3. The molecule has 0 saturated carbocycles. The quantitative estimate of drug-likeness (QED) is 0.603. The van der Waals surface area contributed by atoms with E-state index in [2.05, 4.69) is 15.2 Å². The van der Waals surface area contributed by atoms with E-state index in [1.807, 2.05) is 24.3 Å². The van der Waals surface area contributed by atoms with Gasteiger partial charge in [0.15, 0.2) is 0 Å². The summed E-state index contributed by atoms with van der Waals surface area (Å²) in [7, 11) is 1.61. The number of aromatic amines is 1. The number of carboxylic acid groups (broad SMARTS) is 1. The number of aromatic carboxylic acids is 1. The third-order valence-electron chi connectivity index (χ3n) is 4.02. The van der Waals surface area contributed by atoms with Gasteiger partial charge in [0.05, 0.1) is 18.2 Å². The first-order valence-corrected chi connectivity index (χ1v) is 7.32. The molecule has 24 heavy (non-hydrogen) atoms. The van der Waals surface area contributed by atoms with Crippen LogP contribution in [0.5, 0.6) is 5.75 Å². The number of methoxy groups -OCH3 is 1. The Kier molecular flexibility index (Phi) is 3.16. The van der Waals surface area contributed by atoms with Crippen molar-refractivity contribution in [2.45, 2.75) is 0 Å². The molecule has 0 aliphatic carbocycles. The Labute approximate surface area is 136 Å². The number of benzene rings is 2. The van der Waals surface area contributed by atoms with Gasteiger partial charge in [-0.1, -0.05) is 6.07 Å². The molecule has 0 unspecified atom stereocenters. The summed E-state index contributed by atoms with van der Waals surface area (Å²) in [6.07, 6.45) is 1.72. The normalized spacial score (nSPS) is 11.0. The molecule has 2 aromatic heterocycles. The zero-order valence-electron chi connectivity index (χ0n) is 12.8. The van der Waals surface area contributed by atoms with E-state index in [0.29, 0.717) is 11.3 Å². The van der Waals surface area contributed by atoms with Crippen molar-refractivity contribution >= 4 is 27.8 Å². The summed E-state index contributed by atoms with van der Waals surface area (Å²) < 4.78 is 5.37. The second-order valence-electron chi connectivity index (χ2n) is 5.35. The molecule has 0 radical (unpaired) electrons. The number of carboxylic acids is 1. The molecule has 4 aromatic rings. The van der Waals surface area contributed by atoms with Gasteiger partial charge in [0.1, 0.15) is 17.0 Å². The number of rotatable bonds is 3. The molecule has 0 fully saturated rings. The third kappa shape index (κ3) is 2.08. The van der Waals surface area contributed by atoms with E-state index in [9.17, 15) is 4.79 Å². The Bertz CT molecular complexity index is 1090. The average molecular weight is 319 g/mol. The number of hydrogen-bond acceptors (Lipinski definition) is 4. The van der Waals surface area contributed by atoms with E-state index >= 15 is 0 Å². The lowest BCUT2D eigenvalue weighted by atomic mass is 10.0. The van der Waals surface area contributed by atoms with Crippen LogP contribution in [0.25, 0.3) is 33.1 Å².